The molecule has 2 aromatic rings. The number of nitrogens with zero attached hydrogens (tertiary/aromatic N) is 4. The number of hydrogen-bond acceptors (Lipinski definition) is 7. The number of ether oxygens (including phenoxy) is 1. The Hall–Kier alpha value is -3.28. The number of nitrogens with one attached hydrogen (secondary N) is 1. The quantitative estimate of drug-likeness (QED) is 0.503. The molecule has 0 saturated heterocycles. The number of nitriles is 1. The van der Waals surface area contributed by atoms with Crippen molar-refractivity contribution in [1.29, 1.82) is 5.26 Å². The van der Waals surface area contributed by atoms with Crippen LogP contribution in [0.15, 0.2) is 18.2 Å². The van der Waals surface area contributed by atoms with Crippen molar-refractivity contribution >= 4 is 11.7 Å². The Morgan fingerprint density at radius 2 is 2.30 bits per heavy atom. The molecule has 23 heavy (non-hydrogen) atoms. The van der Waals surface area contributed by atoms with Gasteiger partial charge in [-0.2, -0.15) is 10.4 Å². The molecule has 1 aromatic carbocycles. The highest BCUT2D eigenvalue weighted by Gasteiger charge is 2.29. The van der Waals surface area contributed by atoms with Crippen LogP contribution in [0.25, 0.3) is 0 Å². The van der Waals surface area contributed by atoms with E-state index in [1.165, 1.54) is 25.3 Å². The summed E-state index contributed by atoms with van der Waals surface area (Å²) in [5.41, 5.74) is -0.318. The summed E-state index contributed by atoms with van der Waals surface area (Å²) in [6.07, 6.45) is 0.0374. The minimum Gasteiger partial charge on any atom is -0.465 e. The van der Waals surface area contributed by atoms with Crippen LogP contribution in [-0.2, 0) is 11.2 Å². The highest BCUT2D eigenvalue weighted by Crippen LogP contribution is 2.32. The predicted octanol–water partition coefficient (Wildman–Crippen LogP) is 1.66. The molecule has 118 valence electrons. The van der Waals surface area contributed by atoms with Crippen molar-refractivity contribution in [3.05, 3.63) is 51.1 Å². The summed E-state index contributed by atoms with van der Waals surface area (Å²) in [7, 11) is 1.17. The molecule has 0 spiro atoms. The van der Waals surface area contributed by atoms with E-state index in [4.69, 9.17) is 0 Å². The molecule has 0 bridgehead atoms. The molecule has 1 aromatic heterocycles. The number of nitro benzene ring substituents is 1. The van der Waals surface area contributed by atoms with Gasteiger partial charge in [-0.05, 0) is 13.0 Å². The Bertz CT molecular complexity index is 793. The third kappa shape index (κ3) is 3.32. The van der Waals surface area contributed by atoms with Crippen LogP contribution in [-0.4, -0.2) is 33.2 Å². The SMILES string of the molecule is COC(=O)c1cccc([N+](=O)[O-])c1C(C#N)Cc1n[nH]c(C)n1. The van der Waals surface area contributed by atoms with E-state index in [-0.39, 0.29) is 23.2 Å². The van der Waals surface area contributed by atoms with Gasteiger partial charge in [-0.3, -0.25) is 15.2 Å². The normalized spacial score (nSPS) is 11.5. The fourth-order valence-electron chi connectivity index (χ4n) is 2.24. The van der Waals surface area contributed by atoms with Crippen molar-refractivity contribution in [3.8, 4) is 6.07 Å². The molecule has 0 aliphatic heterocycles. The van der Waals surface area contributed by atoms with Gasteiger partial charge in [0.05, 0.1) is 35.1 Å². The maximum absolute atomic E-state index is 11.9. The molecular formula is C14H13N5O4. The fraction of sp³-hybridized carbons (Fsp3) is 0.286. The highest BCUT2D eigenvalue weighted by molar-refractivity contribution is 5.92. The largest absolute Gasteiger partial charge is 0.465 e. The van der Waals surface area contributed by atoms with Gasteiger partial charge in [0.25, 0.3) is 5.69 Å². The minimum atomic E-state index is -0.958. The molecule has 1 atom stereocenters. The topological polar surface area (TPSA) is 135 Å². The van der Waals surface area contributed by atoms with Gasteiger partial charge in [-0.1, -0.05) is 6.07 Å². The maximum atomic E-state index is 11.9. The lowest BCUT2D eigenvalue weighted by Crippen LogP contribution is -2.13. The molecule has 0 saturated carbocycles. The summed E-state index contributed by atoms with van der Waals surface area (Å²) in [4.78, 5) is 26.6. The average Bonchev–Trinajstić information content (AvgIpc) is 2.96. The van der Waals surface area contributed by atoms with Crippen molar-refractivity contribution in [1.82, 2.24) is 15.2 Å². The van der Waals surface area contributed by atoms with Crippen molar-refractivity contribution < 1.29 is 14.5 Å². The number of carbonyl (C=O) groups is 1. The predicted molar refractivity (Wildman–Crippen MR) is 77.6 cm³/mol. The second kappa shape index (κ2) is 6.65. The fourth-order valence-corrected chi connectivity index (χ4v) is 2.24. The van der Waals surface area contributed by atoms with E-state index in [0.717, 1.165) is 0 Å². The van der Waals surface area contributed by atoms with Crippen LogP contribution in [0.5, 0.6) is 0 Å². The van der Waals surface area contributed by atoms with E-state index < -0.39 is 16.8 Å². The number of esters is 1. The number of nitro groups is 1. The lowest BCUT2D eigenvalue weighted by atomic mass is 9.90. The number of methoxy groups -OCH3 is 1. The highest BCUT2D eigenvalue weighted by atomic mass is 16.6. The van der Waals surface area contributed by atoms with Crippen molar-refractivity contribution in [2.24, 2.45) is 0 Å². The van der Waals surface area contributed by atoms with Gasteiger partial charge in [0.1, 0.15) is 5.82 Å². The lowest BCUT2D eigenvalue weighted by molar-refractivity contribution is -0.385. The second-order valence-corrected chi connectivity index (χ2v) is 4.71. The molecule has 0 fully saturated rings. The Balaban J connectivity index is 2.55. The first kappa shape index (κ1) is 16.1. The van der Waals surface area contributed by atoms with E-state index in [0.29, 0.717) is 11.6 Å². The average molecular weight is 315 g/mol. The Kier molecular flexibility index (Phi) is 4.66. The van der Waals surface area contributed by atoms with E-state index in [1.807, 2.05) is 6.07 Å². The van der Waals surface area contributed by atoms with Crippen molar-refractivity contribution in [2.45, 2.75) is 19.3 Å². The van der Waals surface area contributed by atoms with E-state index in [2.05, 4.69) is 19.9 Å². The third-order valence-electron chi connectivity index (χ3n) is 3.22. The van der Waals surface area contributed by atoms with E-state index in [1.54, 1.807) is 6.92 Å². The molecule has 1 unspecified atom stereocenters. The Morgan fingerprint density at radius 3 is 2.83 bits per heavy atom. The van der Waals surface area contributed by atoms with Gasteiger partial charge in [0.2, 0.25) is 0 Å². The summed E-state index contributed by atoms with van der Waals surface area (Å²) in [6.45, 7) is 1.70. The number of rotatable bonds is 5. The molecule has 0 aliphatic carbocycles. The molecular weight excluding hydrogens is 302 g/mol. The molecule has 1 N–H and O–H groups in total. The first-order chi connectivity index (χ1) is 11.0. The van der Waals surface area contributed by atoms with Crippen LogP contribution in [0, 0.1) is 28.4 Å². The van der Waals surface area contributed by atoms with Crippen LogP contribution < -0.4 is 0 Å². The third-order valence-corrected chi connectivity index (χ3v) is 3.22. The molecule has 9 nitrogen and oxygen atoms in total. The second-order valence-electron chi connectivity index (χ2n) is 4.71. The van der Waals surface area contributed by atoms with Crippen LogP contribution in [0.1, 0.15) is 33.5 Å². The van der Waals surface area contributed by atoms with E-state index in [9.17, 15) is 20.2 Å². The molecule has 0 radical (unpaired) electrons. The van der Waals surface area contributed by atoms with Crippen LogP contribution in [0.2, 0.25) is 0 Å². The van der Waals surface area contributed by atoms with E-state index >= 15 is 0 Å². The molecule has 9 heteroatoms. The zero-order valence-electron chi connectivity index (χ0n) is 12.4. The van der Waals surface area contributed by atoms with Gasteiger partial charge < -0.3 is 4.74 Å². The lowest BCUT2D eigenvalue weighted by Gasteiger charge is -2.12. The van der Waals surface area contributed by atoms with Crippen LogP contribution in [0.3, 0.4) is 0 Å². The Morgan fingerprint density at radius 1 is 1.57 bits per heavy atom. The number of H-pyrrole nitrogens is 1. The minimum absolute atomic E-state index is 0.00861. The molecule has 0 aliphatic rings. The summed E-state index contributed by atoms with van der Waals surface area (Å²) < 4.78 is 4.65. The van der Waals surface area contributed by atoms with Gasteiger partial charge in [0, 0.05) is 12.5 Å². The number of aromatic amines is 1. The molecule has 0 amide bonds. The maximum Gasteiger partial charge on any atom is 0.338 e. The summed E-state index contributed by atoms with van der Waals surface area (Å²) >= 11 is 0. The number of aromatic nitrogens is 3. The van der Waals surface area contributed by atoms with Crippen LogP contribution in [0.4, 0.5) is 5.69 Å². The van der Waals surface area contributed by atoms with Crippen LogP contribution >= 0.6 is 0 Å². The standard InChI is InChI=1S/C14H13N5O4/c1-8-16-12(18-17-8)6-9(7-15)13-10(14(20)23-2)4-3-5-11(13)19(21)22/h3-5,9H,6H2,1-2H3,(H,16,17,18). The molecule has 2 rings (SSSR count). The van der Waals surface area contributed by atoms with Gasteiger partial charge in [-0.25, -0.2) is 9.78 Å². The number of benzene rings is 1. The summed E-state index contributed by atoms with van der Waals surface area (Å²) in [6, 6.07) is 5.99. The van der Waals surface area contributed by atoms with Crippen molar-refractivity contribution in [3.63, 3.8) is 0 Å². The van der Waals surface area contributed by atoms with Gasteiger partial charge >= 0.3 is 5.97 Å². The van der Waals surface area contributed by atoms with Gasteiger partial charge in [-0.15, -0.1) is 0 Å². The summed E-state index contributed by atoms with van der Waals surface area (Å²) in [5.74, 6) is -0.800. The number of aryl methyl sites for hydroxylation is 1. The first-order valence-electron chi connectivity index (χ1n) is 6.61. The monoisotopic (exact) mass is 315 g/mol. The molecule has 1 heterocycles. The van der Waals surface area contributed by atoms with Crippen molar-refractivity contribution in [2.75, 3.05) is 7.11 Å². The smallest absolute Gasteiger partial charge is 0.338 e. The zero-order valence-corrected chi connectivity index (χ0v) is 12.4. The first-order valence-corrected chi connectivity index (χ1v) is 6.61. The Labute approximate surface area is 131 Å². The van der Waals surface area contributed by atoms with Gasteiger partial charge in [0.15, 0.2) is 5.82 Å². The summed E-state index contributed by atoms with van der Waals surface area (Å²) in [5, 5.41) is 27.3. The number of hydrogen-bond donors (Lipinski definition) is 1. The zero-order chi connectivity index (χ0) is 17.0. The number of carbonyl (C=O) groups excluding carboxylic acids is 1.